The molecule has 3 aromatic heterocycles. The smallest absolute Gasteiger partial charge is 0.274 e. The zero-order chi connectivity index (χ0) is 18.6. The van der Waals surface area contributed by atoms with E-state index in [2.05, 4.69) is 20.2 Å². The number of aromatic nitrogens is 4. The Labute approximate surface area is 155 Å². The summed E-state index contributed by atoms with van der Waals surface area (Å²) in [4.78, 5) is 22.8. The topological polar surface area (TPSA) is 106 Å². The SMILES string of the molecule is COc1cncc(OC2CCCN(C(=O)c3cc(-c4ccco4)[nH]n3)C2)n1. The Morgan fingerprint density at radius 3 is 3.07 bits per heavy atom. The number of furan rings is 1. The molecule has 3 aromatic rings. The van der Waals surface area contributed by atoms with Gasteiger partial charge in [-0.15, -0.1) is 0 Å². The van der Waals surface area contributed by atoms with Gasteiger partial charge in [-0.3, -0.25) is 14.9 Å². The number of methoxy groups -OCH3 is 1. The lowest BCUT2D eigenvalue weighted by atomic mass is 10.1. The average Bonchev–Trinajstić information content (AvgIpc) is 3.39. The van der Waals surface area contributed by atoms with Crippen molar-refractivity contribution in [2.45, 2.75) is 18.9 Å². The summed E-state index contributed by atoms with van der Waals surface area (Å²) in [6, 6.07) is 5.28. The molecule has 0 radical (unpaired) electrons. The van der Waals surface area contributed by atoms with Gasteiger partial charge in [0, 0.05) is 12.6 Å². The fourth-order valence-electron chi connectivity index (χ4n) is 3.03. The number of aromatic amines is 1. The van der Waals surface area contributed by atoms with E-state index < -0.39 is 0 Å². The molecule has 4 heterocycles. The fraction of sp³-hybridized carbons (Fsp3) is 0.333. The lowest BCUT2D eigenvalue weighted by molar-refractivity contribution is 0.0520. The van der Waals surface area contributed by atoms with Crippen LogP contribution in [0.4, 0.5) is 0 Å². The second-order valence-corrected chi connectivity index (χ2v) is 6.18. The predicted octanol–water partition coefficient (Wildman–Crippen LogP) is 2.15. The van der Waals surface area contributed by atoms with Crippen LogP contribution in [0.1, 0.15) is 23.3 Å². The normalized spacial score (nSPS) is 16.9. The van der Waals surface area contributed by atoms with Crippen molar-refractivity contribution < 1.29 is 18.7 Å². The third-order valence-electron chi connectivity index (χ3n) is 4.34. The van der Waals surface area contributed by atoms with E-state index in [1.165, 1.54) is 19.5 Å². The Morgan fingerprint density at radius 2 is 2.26 bits per heavy atom. The molecule has 1 saturated heterocycles. The van der Waals surface area contributed by atoms with E-state index >= 15 is 0 Å². The quantitative estimate of drug-likeness (QED) is 0.734. The van der Waals surface area contributed by atoms with E-state index in [-0.39, 0.29) is 12.0 Å². The molecule has 4 rings (SSSR count). The Hall–Kier alpha value is -3.36. The molecule has 1 amide bonds. The van der Waals surface area contributed by atoms with Crippen LogP contribution >= 0.6 is 0 Å². The summed E-state index contributed by atoms with van der Waals surface area (Å²) >= 11 is 0. The predicted molar refractivity (Wildman–Crippen MR) is 94.4 cm³/mol. The van der Waals surface area contributed by atoms with E-state index in [0.29, 0.717) is 42.0 Å². The van der Waals surface area contributed by atoms with Gasteiger partial charge in [0.1, 0.15) is 11.8 Å². The monoisotopic (exact) mass is 369 g/mol. The van der Waals surface area contributed by atoms with Crippen molar-refractivity contribution in [3.63, 3.8) is 0 Å². The molecular formula is C18H19N5O4. The Balaban J connectivity index is 1.42. The van der Waals surface area contributed by atoms with E-state index in [1.807, 2.05) is 6.07 Å². The second kappa shape index (κ2) is 7.48. The molecule has 0 bridgehead atoms. The van der Waals surface area contributed by atoms with Crippen molar-refractivity contribution in [2.75, 3.05) is 20.2 Å². The minimum Gasteiger partial charge on any atom is -0.480 e. The van der Waals surface area contributed by atoms with Crippen LogP contribution in [-0.2, 0) is 0 Å². The van der Waals surface area contributed by atoms with Crippen LogP contribution in [-0.4, -0.2) is 57.3 Å². The zero-order valence-corrected chi connectivity index (χ0v) is 14.8. The van der Waals surface area contributed by atoms with Crippen molar-refractivity contribution >= 4 is 5.91 Å². The molecule has 1 atom stereocenters. The molecule has 0 aromatic carbocycles. The van der Waals surface area contributed by atoms with Gasteiger partial charge in [-0.05, 0) is 25.0 Å². The molecular weight excluding hydrogens is 350 g/mol. The summed E-state index contributed by atoms with van der Waals surface area (Å²) in [6.45, 7) is 1.12. The number of rotatable bonds is 5. The summed E-state index contributed by atoms with van der Waals surface area (Å²) in [7, 11) is 1.52. The van der Waals surface area contributed by atoms with Gasteiger partial charge < -0.3 is 18.8 Å². The highest BCUT2D eigenvalue weighted by Gasteiger charge is 2.27. The summed E-state index contributed by atoms with van der Waals surface area (Å²) in [5.41, 5.74) is 1.02. The Kier molecular flexibility index (Phi) is 4.73. The van der Waals surface area contributed by atoms with Crippen molar-refractivity contribution in [3.8, 4) is 23.2 Å². The molecule has 140 valence electrons. The number of hydrogen-bond donors (Lipinski definition) is 1. The number of piperidine rings is 1. The maximum atomic E-state index is 12.8. The zero-order valence-electron chi connectivity index (χ0n) is 14.8. The summed E-state index contributed by atoms with van der Waals surface area (Å²) in [6.07, 6.45) is 6.13. The number of hydrogen-bond acceptors (Lipinski definition) is 7. The number of carbonyl (C=O) groups is 1. The molecule has 1 aliphatic rings. The molecule has 1 unspecified atom stereocenters. The number of nitrogens with one attached hydrogen (secondary N) is 1. The standard InChI is InChI=1S/C18H19N5O4/c1-25-16-9-19-10-17(20-16)27-12-4-2-6-23(11-12)18(24)14-8-13(21-22-14)15-5-3-7-26-15/h3,5,7-10,12H,2,4,6,11H2,1H3,(H,21,22). The molecule has 1 N–H and O–H groups in total. The molecule has 1 fully saturated rings. The highest BCUT2D eigenvalue weighted by atomic mass is 16.5. The van der Waals surface area contributed by atoms with Crippen molar-refractivity contribution in [1.82, 2.24) is 25.1 Å². The largest absolute Gasteiger partial charge is 0.480 e. The lowest BCUT2D eigenvalue weighted by Crippen LogP contribution is -2.44. The molecule has 1 aliphatic heterocycles. The van der Waals surface area contributed by atoms with E-state index in [4.69, 9.17) is 13.9 Å². The first-order valence-corrected chi connectivity index (χ1v) is 8.64. The van der Waals surface area contributed by atoms with E-state index in [9.17, 15) is 4.79 Å². The van der Waals surface area contributed by atoms with Gasteiger partial charge in [-0.1, -0.05) is 0 Å². The highest BCUT2D eigenvalue weighted by Crippen LogP contribution is 2.21. The molecule has 9 nitrogen and oxygen atoms in total. The first-order valence-electron chi connectivity index (χ1n) is 8.64. The fourth-order valence-corrected chi connectivity index (χ4v) is 3.03. The van der Waals surface area contributed by atoms with Gasteiger partial charge in [0.05, 0.1) is 32.3 Å². The number of ether oxygens (including phenoxy) is 2. The minimum absolute atomic E-state index is 0.144. The minimum atomic E-state index is -0.160. The van der Waals surface area contributed by atoms with Gasteiger partial charge in [-0.2, -0.15) is 10.1 Å². The third kappa shape index (κ3) is 3.76. The third-order valence-corrected chi connectivity index (χ3v) is 4.34. The Bertz CT molecular complexity index is 908. The van der Waals surface area contributed by atoms with Crippen LogP contribution in [0.5, 0.6) is 11.8 Å². The van der Waals surface area contributed by atoms with E-state index in [1.54, 1.807) is 23.3 Å². The maximum absolute atomic E-state index is 12.8. The maximum Gasteiger partial charge on any atom is 0.274 e. The lowest BCUT2D eigenvalue weighted by Gasteiger charge is -2.32. The first-order chi connectivity index (χ1) is 13.2. The number of nitrogens with zero attached hydrogens (tertiary/aromatic N) is 4. The summed E-state index contributed by atoms with van der Waals surface area (Å²) in [5.74, 6) is 1.26. The van der Waals surface area contributed by atoms with Crippen LogP contribution in [0.2, 0.25) is 0 Å². The highest BCUT2D eigenvalue weighted by molar-refractivity contribution is 5.93. The number of likely N-dealkylation sites (tertiary alicyclic amines) is 1. The van der Waals surface area contributed by atoms with Crippen LogP contribution in [0.25, 0.3) is 11.5 Å². The summed E-state index contributed by atoms with van der Waals surface area (Å²) < 4.78 is 16.3. The second-order valence-electron chi connectivity index (χ2n) is 6.18. The van der Waals surface area contributed by atoms with Gasteiger partial charge in [0.25, 0.3) is 5.91 Å². The van der Waals surface area contributed by atoms with Gasteiger partial charge in [0.2, 0.25) is 11.8 Å². The first kappa shape index (κ1) is 17.1. The average molecular weight is 369 g/mol. The molecule has 0 spiro atoms. The van der Waals surface area contributed by atoms with E-state index in [0.717, 1.165) is 12.8 Å². The number of amides is 1. The summed E-state index contributed by atoms with van der Waals surface area (Å²) in [5, 5.41) is 6.96. The molecule has 9 heteroatoms. The van der Waals surface area contributed by atoms with Crippen LogP contribution in [0.3, 0.4) is 0 Å². The molecule has 0 saturated carbocycles. The van der Waals surface area contributed by atoms with Crippen molar-refractivity contribution in [2.24, 2.45) is 0 Å². The van der Waals surface area contributed by atoms with Gasteiger partial charge in [-0.25, -0.2) is 0 Å². The van der Waals surface area contributed by atoms with Crippen LogP contribution in [0, 0.1) is 0 Å². The van der Waals surface area contributed by atoms with Crippen LogP contribution in [0.15, 0.2) is 41.3 Å². The van der Waals surface area contributed by atoms with Gasteiger partial charge >= 0.3 is 0 Å². The van der Waals surface area contributed by atoms with Crippen molar-refractivity contribution in [1.29, 1.82) is 0 Å². The molecule has 27 heavy (non-hydrogen) atoms. The Morgan fingerprint density at radius 1 is 1.37 bits per heavy atom. The number of carbonyl (C=O) groups excluding carboxylic acids is 1. The van der Waals surface area contributed by atoms with Crippen LogP contribution < -0.4 is 9.47 Å². The van der Waals surface area contributed by atoms with Crippen molar-refractivity contribution in [3.05, 3.63) is 42.5 Å². The number of H-pyrrole nitrogens is 1. The van der Waals surface area contributed by atoms with Gasteiger partial charge in [0.15, 0.2) is 11.5 Å². The molecule has 0 aliphatic carbocycles.